The molecule has 0 radical (unpaired) electrons. The van der Waals surface area contributed by atoms with Gasteiger partial charge in [-0.15, -0.1) is 0 Å². The fourth-order valence-electron chi connectivity index (χ4n) is 2.76. The highest BCUT2D eigenvalue weighted by Crippen LogP contribution is 2.39. The van der Waals surface area contributed by atoms with Gasteiger partial charge in [0, 0.05) is 38.5 Å². The summed E-state index contributed by atoms with van der Waals surface area (Å²) < 4.78 is 0. The third-order valence-corrected chi connectivity index (χ3v) is 3.73. The molecule has 96 valence electrons. The van der Waals surface area contributed by atoms with Gasteiger partial charge in [0.05, 0.1) is 6.42 Å². The fourth-order valence-corrected chi connectivity index (χ4v) is 2.76. The van der Waals surface area contributed by atoms with E-state index in [0.717, 1.165) is 13.1 Å². The SMILES string of the molecule is CC(=O)N1CC2(C1)CN(C(=O)C1=NNC(=O)C1)C2. The van der Waals surface area contributed by atoms with Crippen molar-refractivity contribution in [1.82, 2.24) is 15.2 Å². The maximum absolute atomic E-state index is 11.9. The van der Waals surface area contributed by atoms with Gasteiger partial charge < -0.3 is 9.80 Å². The summed E-state index contributed by atoms with van der Waals surface area (Å²) in [6, 6.07) is 0. The summed E-state index contributed by atoms with van der Waals surface area (Å²) in [6.07, 6.45) is 0.0713. The van der Waals surface area contributed by atoms with Crippen LogP contribution in [0.3, 0.4) is 0 Å². The van der Waals surface area contributed by atoms with E-state index in [1.807, 2.05) is 0 Å². The van der Waals surface area contributed by atoms with Gasteiger partial charge in [0.15, 0.2) is 0 Å². The Kier molecular flexibility index (Phi) is 2.20. The van der Waals surface area contributed by atoms with Gasteiger partial charge in [-0.25, -0.2) is 5.43 Å². The van der Waals surface area contributed by atoms with Gasteiger partial charge in [0.25, 0.3) is 5.91 Å². The van der Waals surface area contributed by atoms with Crippen molar-refractivity contribution in [2.75, 3.05) is 26.2 Å². The quantitative estimate of drug-likeness (QED) is 0.618. The minimum absolute atomic E-state index is 0.0713. The molecule has 18 heavy (non-hydrogen) atoms. The molecule has 3 rings (SSSR count). The van der Waals surface area contributed by atoms with Gasteiger partial charge in [0.1, 0.15) is 5.71 Å². The van der Waals surface area contributed by atoms with Gasteiger partial charge in [-0.05, 0) is 0 Å². The van der Waals surface area contributed by atoms with Crippen molar-refractivity contribution in [3.63, 3.8) is 0 Å². The average Bonchev–Trinajstić information content (AvgIpc) is 2.59. The van der Waals surface area contributed by atoms with E-state index in [1.54, 1.807) is 16.7 Å². The summed E-state index contributed by atoms with van der Waals surface area (Å²) in [5.74, 6) is -0.319. The molecule has 3 heterocycles. The number of hydrazone groups is 1. The highest BCUT2D eigenvalue weighted by atomic mass is 16.2. The first-order valence-corrected chi connectivity index (χ1v) is 5.89. The van der Waals surface area contributed by atoms with E-state index in [-0.39, 0.29) is 35.3 Å². The Hall–Kier alpha value is -1.92. The van der Waals surface area contributed by atoms with Gasteiger partial charge in [-0.2, -0.15) is 5.10 Å². The Labute approximate surface area is 104 Å². The van der Waals surface area contributed by atoms with Crippen molar-refractivity contribution in [3.05, 3.63) is 0 Å². The van der Waals surface area contributed by atoms with Crippen LogP contribution in [0, 0.1) is 5.41 Å². The summed E-state index contributed by atoms with van der Waals surface area (Å²) in [5, 5.41) is 3.72. The Morgan fingerprint density at radius 1 is 1.22 bits per heavy atom. The molecule has 0 bridgehead atoms. The van der Waals surface area contributed by atoms with Crippen molar-refractivity contribution in [2.24, 2.45) is 10.5 Å². The summed E-state index contributed by atoms with van der Waals surface area (Å²) >= 11 is 0. The third-order valence-electron chi connectivity index (χ3n) is 3.73. The van der Waals surface area contributed by atoms with Crippen LogP contribution < -0.4 is 5.43 Å². The van der Waals surface area contributed by atoms with Crippen LogP contribution in [0.2, 0.25) is 0 Å². The molecule has 0 aromatic heterocycles. The molecule has 0 aromatic rings. The van der Waals surface area contributed by atoms with E-state index in [0.29, 0.717) is 13.1 Å². The lowest BCUT2D eigenvalue weighted by atomic mass is 9.72. The van der Waals surface area contributed by atoms with E-state index in [1.165, 1.54) is 0 Å². The predicted molar refractivity (Wildman–Crippen MR) is 61.5 cm³/mol. The zero-order valence-electron chi connectivity index (χ0n) is 10.1. The molecule has 0 unspecified atom stereocenters. The van der Waals surface area contributed by atoms with Crippen LogP contribution in [-0.4, -0.2) is 59.4 Å². The maximum Gasteiger partial charge on any atom is 0.270 e. The molecular formula is C11H14N4O3. The van der Waals surface area contributed by atoms with Crippen LogP contribution in [0.4, 0.5) is 0 Å². The van der Waals surface area contributed by atoms with E-state index < -0.39 is 0 Å². The third kappa shape index (κ3) is 1.58. The summed E-state index contributed by atoms with van der Waals surface area (Å²) in [7, 11) is 0. The molecule has 2 fully saturated rings. The predicted octanol–water partition coefficient (Wildman–Crippen LogP) is -1.45. The average molecular weight is 250 g/mol. The number of nitrogens with zero attached hydrogens (tertiary/aromatic N) is 3. The first kappa shape index (κ1) is 11.2. The minimum Gasteiger partial charge on any atom is -0.341 e. The van der Waals surface area contributed by atoms with Crippen LogP contribution in [-0.2, 0) is 14.4 Å². The zero-order valence-corrected chi connectivity index (χ0v) is 10.1. The lowest BCUT2D eigenvalue weighted by Crippen LogP contribution is -2.73. The van der Waals surface area contributed by atoms with Crippen molar-refractivity contribution in [3.8, 4) is 0 Å². The largest absolute Gasteiger partial charge is 0.341 e. The lowest BCUT2D eigenvalue weighted by molar-refractivity contribution is -0.163. The molecule has 7 heteroatoms. The number of amides is 3. The Balaban J connectivity index is 1.53. The van der Waals surface area contributed by atoms with Crippen molar-refractivity contribution >= 4 is 23.4 Å². The first-order chi connectivity index (χ1) is 8.49. The minimum atomic E-state index is -0.236. The zero-order chi connectivity index (χ0) is 12.9. The topological polar surface area (TPSA) is 82.1 Å². The second kappa shape index (κ2) is 3.54. The Bertz CT molecular complexity index is 471. The van der Waals surface area contributed by atoms with Crippen molar-refractivity contribution in [2.45, 2.75) is 13.3 Å². The number of carbonyl (C=O) groups excluding carboxylic acids is 3. The molecule has 7 nitrogen and oxygen atoms in total. The maximum atomic E-state index is 11.9. The molecule has 0 aliphatic carbocycles. The number of nitrogens with one attached hydrogen (secondary N) is 1. The van der Waals surface area contributed by atoms with Crippen molar-refractivity contribution < 1.29 is 14.4 Å². The molecule has 3 aliphatic heterocycles. The highest BCUT2D eigenvalue weighted by molar-refractivity contribution is 6.43. The monoisotopic (exact) mass is 250 g/mol. The standard InChI is InChI=1S/C11H14N4O3/c1-7(16)14-3-11(4-14)5-15(6-11)10(18)8-2-9(17)13-12-8/h2-6H2,1H3,(H,13,17). The van der Waals surface area contributed by atoms with Crippen LogP contribution >= 0.6 is 0 Å². The van der Waals surface area contributed by atoms with Crippen LogP contribution in [0.1, 0.15) is 13.3 Å². The number of hydrogen-bond donors (Lipinski definition) is 1. The molecule has 1 spiro atoms. The number of hydrogen-bond acceptors (Lipinski definition) is 4. The summed E-state index contributed by atoms with van der Waals surface area (Å²) in [6.45, 7) is 4.33. The van der Waals surface area contributed by atoms with Crippen molar-refractivity contribution in [1.29, 1.82) is 0 Å². The van der Waals surface area contributed by atoms with Crippen LogP contribution in [0.5, 0.6) is 0 Å². The normalized spacial score (nSPS) is 24.3. The molecular weight excluding hydrogens is 236 g/mol. The number of likely N-dealkylation sites (tertiary alicyclic amines) is 2. The second-order valence-electron chi connectivity index (χ2n) is 5.31. The van der Waals surface area contributed by atoms with Crippen LogP contribution in [0.15, 0.2) is 5.10 Å². The van der Waals surface area contributed by atoms with Gasteiger partial charge in [-0.3, -0.25) is 14.4 Å². The molecule has 3 aliphatic rings. The van der Waals surface area contributed by atoms with E-state index in [9.17, 15) is 14.4 Å². The number of carbonyl (C=O) groups is 3. The van der Waals surface area contributed by atoms with E-state index in [4.69, 9.17) is 0 Å². The van der Waals surface area contributed by atoms with Gasteiger partial charge in [0.2, 0.25) is 11.8 Å². The van der Waals surface area contributed by atoms with E-state index in [2.05, 4.69) is 10.5 Å². The second-order valence-corrected chi connectivity index (χ2v) is 5.31. The molecule has 0 atom stereocenters. The molecule has 3 amide bonds. The van der Waals surface area contributed by atoms with Gasteiger partial charge in [-0.1, -0.05) is 0 Å². The van der Waals surface area contributed by atoms with E-state index >= 15 is 0 Å². The molecule has 1 N–H and O–H groups in total. The highest BCUT2D eigenvalue weighted by Gasteiger charge is 2.54. The lowest BCUT2D eigenvalue weighted by Gasteiger charge is -2.59. The molecule has 0 aromatic carbocycles. The Morgan fingerprint density at radius 2 is 1.83 bits per heavy atom. The fraction of sp³-hybridized carbons (Fsp3) is 0.636. The molecule has 0 saturated carbocycles. The Morgan fingerprint density at radius 3 is 2.33 bits per heavy atom. The molecule has 2 saturated heterocycles. The number of rotatable bonds is 1. The summed E-state index contributed by atoms with van der Waals surface area (Å²) in [4.78, 5) is 37.5. The van der Waals surface area contributed by atoms with Gasteiger partial charge >= 0.3 is 0 Å². The summed E-state index contributed by atoms with van der Waals surface area (Å²) in [5.41, 5.74) is 2.66. The smallest absolute Gasteiger partial charge is 0.270 e. The first-order valence-electron chi connectivity index (χ1n) is 5.89. The van der Waals surface area contributed by atoms with Crippen LogP contribution in [0.25, 0.3) is 0 Å².